The van der Waals surface area contributed by atoms with Gasteiger partial charge >= 0.3 is 11.9 Å². The summed E-state index contributed by atoms with van der Waals surface area (Å²) in [4.78, 5) is 36.9. The summed E-state index contributed by atoms with van der Waals surface area (Å²) < 4.78 is 20.3. The molecule has 12 heteroatoms. The highest BCUT2D eigenvalue weighted by molar-refractivity contribution is 6.09. The van der Waals surface area contributed by atoms with Crippen LogP contribution in [0.3, 0.4) is 0 Å². The van der Waals surface area contributed by atoms with Gasteiger partial charge in [0.25, 0.3) is 0 Å². The van der Waals surface area contributed by atoms with E-state index < -0.39 is 80.0 Å². The maximum absolute atomic E-state index is 12.6. The zero-order chi connectivity index (χ0) is 30.9. The van der Waals surface area contributed by atoms with Crippen LogP contribution in [0.25, 0.3) is 0 Å². The molecule has 0 aliphatic carbocycles. The zero-order valence-corrected chi connectivity index (χ0v) is 24.7. The maximum Gasteiger partial charge on any atom is 0.344 e. The Hall–Kier alpha value is -1.93. The molecule has 42 heavy (non-hydrogen) atoms. The van der Waals surface area contributed by atoms with Crippen LogP contribution in [-0.4, -0.2) is 105 Å². The summed E-state index contributed by atoms with van der Waals surface area (Å²) >= 11 is 0. The third kappa shape index (κ3) is 12.0. The first-order valence-electron chi connectivity index (χ1n) is 15.4. The Balaban J connectivity index is 1.57. The molecule has 8 atom stereocenters. The number of cyclic esters (lactones) is 1. The minimum Gasteiger partial charge on any atom is -0.463 e. The van der Waals surface area contributed by atoms with Crippen LogP contribution >= 0.6 is 0 Å². The van der Waals surface area contributed by atoms with E-state index in [0.29, 0.717) is 6.42 Å². The van der Waals surface area contributed by atoms with Gasteiger partial charge in [0, 0.05) is 6.42 Å². The topological polar surface area (TPSA) is 189 Å². The first-order chi connectivity index (χ1) is 20.2. The molecule has 2 unspecified atom stereocenters. The zero-order valence-electron chi connectivity index (χ0n) is 24.7. The molecule has 0 radical (unpaired) electrons. The summed E-state index contributed by atoms with van der Waals surface area (Å²) in [6.07, 6.45) is 5.98. The summed E-state index contributed by atoms with van der Waals surface area (Å²) in [5, 5.41) is 49.3. The van der Waals surface area contributed by atoms with E-state index in [1.54, 1.807) is 0 Å². The monoisotopic (exact) mass is 602 g/mol. The lowest BCUT2D eigenvalue weighted by molar-refractivity contribution is -0.305. The van der Waals surface area contributed by atoms with Gasteiger partial charge < -0.3 is 44.5 Å². The van der Waals surface area contributed by atoms with Crippen molar-refractivity contribution in [2.24, 2.45) is 0 Å². The fourth-order valence-electron chi connectivity index (χ4n) is 4.89. The number of allylic oxidation sites excluding steroid dienone is 2. The lowest BCUT2D eigenvalue weighted by Crippen LogP contribution is -2.60. The van der Waals surface area contributed by atoms with Gasteiger partial charge in [-0.3, -0.25) is 9.59 Å². The Morgan fingerprint density at radius 2 is 1.48 bits per heavy atom. The normalized spacial score (nSPS) is 28.8. The van der Waals surface area contributed by atoms with Crippen molar-refractivity contribution in [3.8, 4) is 0 Å². The van der Waals surface area contributed by atoms with Crippen LogP contribution in [0.1, 0.15) is 96.8 Å². The van der Waals surface area contributed by atoms with Gasteiger partial charge in [-0.1, -0.05) is 70.4 Å². The summed E-state index contributed by atoms with van der Waals surface area (Å²) in [6, 6.07) is 0. The SMILES string of the molecule is CCCCCCCCC=CCCCCCCCC(=O)OC[C@H](O)[C@H]1OC(=O)C(OC2O[C@H](CO)[C@@H](O)[C@H](O)[C@H]2O)C1=O. The number of hydrogen-bond acceptors (Lipinski definition) is 12. The van der Waals surface area contributed by atoms with Gasteiger partial charge in [0.1, 0.15) is 37.1 Å². The molecule has 2 aliphatic heterocycles. The molecule has 0 bridgehead atoms. The first-order valence-corrected chi connectivity index (χ1v) is 15.4. The molecule has 0 aromatic rings. The van der Waals surface area contributed by atoms with Crippen molar-refractivity contribution in [2.45, 2.75) is 146 Å². The van der Waals surface area contributed by atoms with Crippen LogP contribution in [0.2, 0.25) is 0 Å². The lowest BCUT2D eigenvalue weighted by atomic mass is 9.99. The van der Waals surface area contributed by atoms with Gasteiger partial charge in [0.05, 0.1) is 6.61 Å². The number of ketones is 1. The standard InChI is InChI=1S/C30H50O12/c1-2-3-4-5-6-7-8-9-10-11-12-13-14-15-16-17-22(33)39-19-20(32)27-26(37)28(29(38)41-27)42-30-25(36)24(35)23(34)21(18-31)40-30/h9-10,20-21,23-25,27-28,30-32,34-36H,2-8,11-19H2,1H3/t20-,21+,23+,24-,25+,27+,28?,30?/m0/s1. The summed E-state index contributed by atoms with van der Waals surface area (Å²) in [5.41, 5.74) is 0. The molecule has 0 saturated carbocycles. The number of carbonyl (C=O) groups excluding carboxylic acids is 3. The molecular weight excluding hydrogens is 552 g/mol. The maximum atomic E-state index is 12.6. The van der Waals surface area contributed by atoms with Gasteiger partial charge in [-0.25, -0.2) is 4.79 Å². The molecule has 2 saturated heterocycles. The molecule has 242 valence electrons. The van der Waals surface area contributed by atoms with E-state index in [9.17, 15) is 39.9 Å². The fraction of sp³-hybridized carbons (Fsp3) is 0.833. The molecule has 0 amide bonds. The average molecular weight is 603 g/mol. The highest BCUT2D eigenvalue weighted by atomic mass is 16.7. The van der Waals surface area contributed by atoms with Crippen LogP contribution in [0.15, 0.2) is 12.2 Å². The second-order valence-electron chi connectivity index (χ2n) is 11.1. The van der Waals surface area contributed by atoms with E-state index in [1.807, 2.05) is 0 Å². The Morgan fingerprint density at radius 3 is 2.10 bits per heavy atom. The van der Waals surface area contributed by atoms with Crippen LogP contribution < -0.4 is 0 Å². The molecule has 0 aromatic carbocycles. The highest BCUT2D eigenvalue weighted by Gasteiger charge is 2.52. The van der Waals surface area contributed by atoms with E-state index in [1.165, 1.54) is 38.5 Å². The lowest BCUT2D eigenvalue weighted by Gasteiger charge is -2.39. The van der Waals surface area contributed by atoms with Crippen LogP contribution in [-0.2, 0) is 33.3 Å². The van der Waals surface area contributed by atoms with Crippen molar-refractivity contribution in [1.82, 2.24) is 0 Å². The summed E-state index contributed by atoms with van der Waals surface area (Å²) in [7, 11) is 0. The van der Waals surface area contributed by atoms with E-state index in [0.717, 1.165) is 38.5 Å². The van der Waals surface area contributed by atoms with Crippen molar-refractivity contribution in [2.75, 3.05) is 13.2 Å². The van der Waals surface area contributed by atoms with Crippen molar-refractivity contribution in [3.05, 3.63) is 12.2 Å². The van der Waals surface area contributed by atoms with Gasteiger partial charge in [0.15, 0.2) is 12.4 Å². The third-order valence-electron chi connectivity index (χ3n) is 7.52. The number of aliphatic hydroxyl groups excluding tert-OH is 5. The predicted octanol–water partition coefficient (Wildman–Crippen LogP) is 1.61. The number of rotatable bonds is 21. The number of unbranched alkanes of at least 4 members (excludes halogenated alkanes) is 11. The molecule has 0 aromatic heterocycles. The molecule has 2 fully saturated rings. The Kier molecular flexibility index (Phi) is 17.4. The van der Waals surface area contributed by atoms with E-state index in [-0.39, 0.29) is 6.42 Å². The molecular formula is C30H50O12. The third-order valence-corrected chi connectivity index (χ3v) is 7.52. The van der Waals surface area contributed by atoms with Crippen molar-refractivity contribution in [1.29, 1.82) is 0 Å². The minimum absolute atomic E-state index is 0.159. The number of aliphatic hydroxyl groups is 5. The summed E-state index contributed by atoms with van der Waals surface area (Å²) in [6.45, 7) is 0.933. The molecule has 2 heterocycles. The summed E-state index contributed by atoms with van der Waals surface area (Å²) in [5.74, 6) is -2.70. The Labute approximate surface area is 248 Å². The van der Waals surface area contributed by atoms with Crippen molar-refractivity contribution in [3.63, 3.8) is 0 Å². The van der Waals surface area contributed by atoms with Crippen molar-refractivity contribution < 1.29 is 58.9 Å². The van der Waals surface area contributed by atoms with Gasteiger partial charge in [-0.15, -0.1) is 0 Å². The molecule has 2 rings (SSSR count). The first kappa shape index (κ1) is 36.3. The number of carbonyl (C=O) groups is 3. The second kappa shape index (κ2) is 20.1. The van der Waals surface area contributed by atoms with Gasteiger partial charge in [-0.2, -0.15) is 0 Å². The van der Waals surface area contributed by atoms with Gasteiger partial charge in [0.2, 0.25) is 11.9 Å². The minimum atomic E-state index is -1.89. The molecule has 0 spiro atoms. The van der Waals surface area contributed by atoms with E-state index in [4.69, 9.17) is 18.9 Å². The quantitative estimate of drug-likeness (QED) is 0.0553. The van der Waals surface area contributed by atoms with E-state index >= 15 is 0 Å². The van der Waals surface area contributed by atoms with Crippen LogP contribution in [0.4, 0.5) is 0 Å². The molecule has 12 nitrogen and oxygen atoms in total. The Bertz CT molecular complexity index is 831. The number of ether oxygens (including phenoxy) is 4. The van der Waals surface area contributed by atoms with Crippen LogP contribution in [0.5, 0.6) is 0 Å². The largest absolute Gasteiger partial charge is 0.463 e. The number of esters is 2. The molecule has 2 aliphatic rings. The van der Waals surface area contributed by atoms with Crippen molar-refractivity contribution >= 4 is 17.7 Å². The van der Waals surface area contributed by atoms with Gasteiger partial charge in [-0.05, 0) is 32.1 Å². The fourth-order valence-corrected chi connectivity index (χ4v) is 4.89. The second-order valence-corrected chi connectivity index (χ2v) is 11.1. The molecule has 5 N–H and O–H groups in total. The number of hydrogen-bond donors (Lipinski definition) is 5. The smallest absolute Gasteiger partial charge is 0.344 e. The van der Waals surface area contributed by atoms with Crippen LogP contribution in [0, 0.1) is 0 Å². The highest BCUT2D eigenvalue weighted by Crippen LogP contribution is 2.26. The predicted molar refractivity (Wildman–Crippen MR) is 150 cm³/mol. The average Bonchev–Trinajstić information content (AvgIpc) is 3.26. The number of Topliss-reactive ketones (excluding diaryl/α,β-unsaturated/α-hetero) is 1. The van der Waals surface area contributed by atoms with E-state index in [2.05, 4.69) is 19.1 Å². The Morgan fingerprint density at radius 1 is 0.881 bits per heavy atom.